The Kier molecular flexibility index (Phi) is 3.29. The maximum atomic E-state index is 4.44. The predicted molar refractivity (Wildman–Crippen MR) is 84.1 cm³/mol. The van der Waals surface area contributed by atoms with E-state index in [-0.39, 0.29) is 0 Å². The third kappa shape index (κ3) is 2.66. The summed E-state index contributed by atoms with van der Waals surface area (Å²) in [7, 11) is 0. The number of fused-ring (bicyclic) bond motifs is 1. The lowest BCUT2D eigenvalue weighted by molar-refractivity contribution is 1.33. The number of nitrogens with zero attached hydrogens (tertiary/aromatic N) is 1. The molecule has 0 atom stereocenters. The fraction of sp³-hybridized carbons (Fsp3) is 0.0625. The zero-order valence-corrected chi connectivity index (χ0v) is 11.4. The Bertz CT molecular complexity index is 681. The second-order valence-corrected chi connectivity index (χ2v) is 5.41. The highest BCUT2D eigenvalue weighted by molar-refractivity contribution is 7.20. The molecule has 3 heteroatoms. The molecule has 19 heavy (non-hydrogen) atoms. The largest absolute Gasteiger partial charge is 0.278 e. The molecule has 1 aromatic heterocycles. The molecule has 3 aromatic rings. The molecule has 1 heterocycles. The van der Waals surface area contributed by atoms with Gasteiger partial charge in [0, 0.05) is 4.70 Å². The van der Waals surface area contributed by atoms with Crippen LogP contribution in [0.3, 0.4) is 0 Å². The smallest absolute Gasteiger partial charge is 0.0748 e. The van der Waals surface area contributed by atoms with Crippen molar-refractivity contribution in [2.45, 2.75) is 6.92 Å². The molecule has 0 saturated heterocycles. The van der Waals surface area contributed by atoms with Crippen LogP contribution in [0.15, 0.2) is 65.8 Å². The van der Waals surface area contributed by atoms with Gasteiger partial charge in [-0.25, -0.2) is 0 Å². The highest BCUT2D eigenvalue weighted by atomic mass is 32.1. The molecule has 0 aliphatic rings. The van der Waals surface area contributed by atoms with Crippen molar-refractivity contribution in [3.63, 3.8) is 0 Å². The summed E-state index contributed by atoms with van der Waals surface area (Å²) in [5.74, 6) is 0. The lowest BCUT2D eigenvalue weighted by atomic mass is 10.2. The Morgan fingerprint density at radius 1 is 1.00 bits per heavy atom. The number of hydrogen-bond acceptors (Lipinski definition) is 3. The summed E-state index contributed by atoms with van der Waals surface area (Å²) >= 11 is 1.77. The lowest BCUT2D eigenvalue weighted by Crippen LogP contribution is -1.96. The molecule has 0 aliphatic carbocycles. The molecule has 0 aliphatic heterocycles. The summed E-state index contributed by atoms with van der Waals surface area (Å²) in [5, 5.41) is 5.71. The van der Waals surface area contributed by atoms with Crippen molar-refractivity contribution in [2.24, 2.45) is 5.10 Å². The first kappa shape index (κ1) is 11.9. The van der Waals surface area contributed by atoms with E-state index in [4.69, 9.17) is 0 Å². The molecule has 0 unspecified atom stereocenters. The second-order valence-electron chi connectivity index (χ2n) is 4.32. The van der Waals surface area contributed by atoms with E-state index in [1.54, 1.807) is 11.3 Å². The summed E-state index contributed by atoms with van der Waals surface area (Å²) in [6.45, 7) is 2.03. The van der Waals surface area contributed by atoms with Gasteiger partial charge >= 0.3 is 0 Å². The van der Waals surface area contributed by atoms with Gasteiger partial charge in [-0.1, -0.05) is 36.4 Å². The molecule has 3 rings (SSSR count). The standard InChI is InChI=1S/C16H14N2S/c1-12(17-18-14-8-3-2-4-9-14)16-11-13-7-5-6-10-15(13)19-16/h2-11,18H,1H3/b17-12-. The van der Waals surface area contributed by atoms with Crippen molar-refractivity contribution < 1.29 is 0 Å². The van der Waals surface area contributed by atoms with Crippen LogP contribution in [0.2, 0.25) is 0 Å². The van der Waals surface area contributed by atoms with Crippen molar-refractivity contribution in [3.8, 4) is 0 Å². The Morgan fingerprint density at radius 2 is 1.74 bits per heavy atom. The van der Waals surface area contributed by atoms with Crippen molar-refractivity contribution >= 4 is 32.8 Å². The van der Waals surface area contributed by atoms with Crippen LogP contribution in [0.5, 0.6) is 0 Å². The summed E-state index contributed by atoms with van der Waals surface area (Å²) in [6.07, 6.45) is 0. The zero-order chi connectivity index (χ0) is 13.1. The minimum atomic E-state index is 1.00. The number of anilines is 1. The summed E-state index contributed by atoms with van der Waals surface area (Å²) in [6, 6.07) is 20.6. The summed E-state index contributed by atoms with van der Waals surface area (Å²) in [4.78, 5) is 1.20. The first-order valence-corrected chi connectivity index (χ1v) is 6.99. The normalized spacial score (nSPS) is 11.7. The van der Waals surface area contributed by atoms with E-state index >= 15 is 0 Å². The number of thiophene rings is 1. The molecule has 1 N–H and O–H groups in total. The van der Waals surface area contributed by atoms with Gasteiger partial charge < -0.3 is 0 Å². The number of benzene rings is 2. The van der Waals surface area contributed by atoms with Gasteiger partial charge in [-0.15, -0.1) is 11.3 Å². The van der Waals surface area contributed by atoms with Gasteiger partial charge in [0.15, 0.2) is 0 Å². The second kappa shape index (κ2) is 5.24. The van der Waals surface area contributed by atoms with Gasteiger partial charge in [-0.3, -0.25) is 5.43 Å². The molecule has 94 valence electrons. The third-order valence-electron chi connectivity index (χ3n) is 2.91. The average Bonchev–Trinajstić information content (AvgIpc) is 2.90. The Balaban J connectivity index is 1.85. The van der Waals surface area contributed by atoms with Crippen LogP contribution >= 0.6 is 11.3 Å². The van der Waals surface area contributed by atoms with Crippen LogP contribution in [0.4, 0.5) is 5.69 Å². The van der Waals surface area contributed by atoms with Gasteiger partial charge in [0.1, 0.15) is 0 Å². The average molecular weight is 266 g/mol. The van der Waals surface area contributed by atoms with Crippen LogP contribution in [-0.2, 0) is 0 Å². The Hall–Kier alpha value is -2.13. The Labute approximate surface area is 116 Å². The number of para-hydroxylation sites is 1. The molecule has 0 radical (unpaired) electrons. The van der Waals surface area contributed by atoms with Crippen molar-refractivity contribution in [3.05, 3.63) is 65.5 Å². The van der Waals surface area contributed by atoms with Gasteiger partial charge in [0.25, 0.3) is 0 Å². The number of hydrazone groups is 1. The molecule has 2 aromatic carbocycles. The molecule has 0 fully saturated rings. The Morgan fingerprint density at radius 3 is 2.53 bits per heavy atom. The van der Waals surface area contributed by atoms with Gasteiger partial charge in [0.2, 0.25) is 0 Å². The first-order valence-electron chi connectivity index (χ1n) is 6.17. The number of rotatable bonds is 3. The SMILES string of the molecule is C/C(=N/Nc1ccccc1)c1cc2ccccc2s1. The van der Waals surface area contributed by atoms with Crippen molar-refractivity contribution in [1.82, 2.24) is 0 Å². The lowest BCUT2D eigenvalue weighted by Gasteiger charge is -2.00. The molecular formula is C16H14N2S. The minimum Gasteiger partial charge on any atom is -0.278 e. The summed E-state index contributed by atoms with van der Waals surface area (Å²) in [5.41, 5.74) is 5.09. The van der Waals surface area contributed by atoms with Gasteiger partial charge in [-0.05, 0) is 36.6 Å². The van der Waals surface area contributed by atoms with Crippen molar-refractivity contribution in [1.29, 1.82) is 0 Å². The van der Waals surface area contributed by atoms with Crippen LogP contribution in [0, 0.1) is 0 Å². The maximum Gasteiger partial charge on any atom is 0.0748 e. The van der Waals surface area contributed by atoms with Crippen LogP contribution < -0.4 is 5.43 Å². The topological polar surface area (TPSA) is 24.4 Å². The van der Waals surface area contributed by atoms with E-state index in [1.165, 1.54) is 15.0 Å². The van der Waals surface area contributed by atoms with Crippen LogP contribution in [0.25, 0.3) is 10.1 Å². The third-order valence-corrected chi connectivity index (χ3v) is 4.13. The van der Waals surface area contributed by atoms with E-state index in [0.717, 1.165) is 11.4 Å². The van der Waals surface area contributed by atoms with Gasteiger partial charge in [0.05, 0.1) is 16.3 Å². The molecular weight excluding hydrogens is 252 g/mol. The zero-order valence-electron chi connectivity index (χ0n) is 10.6. The first-order chi connectivity index (χ1) is 9.33. The molecule has 0 bridgehead atoms. The van der Waals surface area contributed by atoms with Crippen LogP contribution in [-0.4, -0.2) is 5.71 Å². The number of nitrogens with one attached hydrogen (secondary N) is 1. The highest BCUT2D eigenvalue weighted by Crippen LogP contribution is 2.25. The maximum absolute atomic E-state index is 4.44. The van der Waals surface area contributed by atoms with E-state index in [0.29, 0.717) is 0 Å². The monoisotopic (exact) mass is 266 g/mol. The van der Waals surface area contributed by atoms with E-state index in [2.05, 4.69) is 40.9 Å². The fourth-order valence-electron chi connectivity index (χ4n) is 1.88. The molecule has 0 saturated carbocycles. The van der Waals surface area contributed by atoms with Crippen LogP contribution in [0.1, 0.15) is 11.8 Å². The van der Waals surface area contributed by atoms with Gasteiger partial charge in [-0.2, -0.15) is 5.10 Å². The van der Waals surface area contributed by atoms with E-state index in [9.17, 15) is 0 Å². The van der Waals surface area contributed by atoms with E-state index < -0.39 is 0 Å². The molecule has 0 amide bonds. The quantitative estimate of drug-likeness (QED) is 0.537. The fourth-order valence-corrected chi connectivity index (χ4v) is 2.88. The summed E-state index contributed by atoms with van der Waals surface area (Å²) < 4.78 is 1.30. The highest BCUT2D eigenvalue weighted by Gasteiger charge is 2.03. The van der Waals surface area contributed by atoms with Crippen molar-refractivity contribution in [2.75, 3.05) is 5.43 Å². The minimum absolute atomic E-state index is 1.00. The molecule has 2 nitrogen and oxygen atoms in total. The molecule has 0 spiro atoms. The van der Waals surface area contributed by atoms with E-state index in [1.807, 2.05) is 37.3 Å². The predicted octanol–water partition coefficient (Wildman–Crippen LogP) is 4.74. The number of hydrogen-bond donors (Lipinski definition) is 1.